The number of fused-ring (bicyclic) bond motifs is 1. The SMILES string of the molecule is C[C@@H]1Cc2cc(-c3csc(NC(=O)c4cc(=O)n(C)c(=O)n4C)n3)ccc2O1. The first-order chi connectivity index (χ1) is 13.3. The Kier molecular flexibility index (Phi) is 4.38. The van der Waals surface area contributed by atoms with Crippen molar-refractivity contribution >= 4 is 22.4 Å². The fraction of sp³-hybridized carbons (Fsp3) is 0.263. The van der Waals surface area contributed by atoms with Crippen molar-refractivity contribution in [3.05, 3.63) is 61.7 Å². The van der Waals surface area contributed by atoms with Crippen LogP contribution in [0.25, 0.3) is 11.3 Å². The standard InChI is InChI=1S/C19H18N4O4S/c1-10-6-12-7-11(4-5-15(12)27-10)13-9-28-18(20-13)21-17(25)14-8-16(24)23(3)19(26)22(14)2/h4-5,7-10H,6H2,1-3H3,(H,20,21,25)/t10-/m1/s1. The van der Waals surface area contributed by atoms with E-state index in [9.17, 15) is 14.4 Å². The molecule has 3 aromatic rings. The Morgan fingerprint density at radius 1 is 1.25 bits per heavy atom. The fourth-order valence-corrected chi connectivity index (χ4v) is 3.87. The number of nitrogens with zero attached hydrogens (tertiary/aromatic N) is 3. The van der Waals surface area contributed by atoms with E-state index in [0.717, 1.165) is 44.2 Å². The largest absolute Gasteiger partial charge is 0.490 e. The average Bonchev–Trinajstić information content (AvgIpc) is 3.27. The molecule has 4 rings (SSSR count). The molecule has 1 aliphatic rings. The minimum Gasteiger partial charge on any atom is -0.490 e. The molecule has 9 heteroatoms. The second-order valence-corrected chi connectivity index (χ2v) is 7.57. The lowest BCUT2D eigenvalue weighted by molar-refractivity contribution is 0.101. The van der Waals surface area contributed by atoms with E-state index in [0.29, 0.717) is 5.13 Å². The van der Waals surface area contributed by atoms with Crippen molar-refractivity contribution in [3.8, 4) is 17.0 Å². The molecule has 144 valence electrons. The van der Waals surface area contributed by atoms with E-state index < -0.39 is 17.2 Å². The van der Waals surface area contributed by atoms with Gasteiger partial charge in [-0.3, -0.25) is 24.0 Å². The summed E-state index contributed by atoms with van der Waals surface area (Å²) in [5.74, 6) is 0.334. The number of benzene rings is 1. The molecular formula is C19H18N4O4S. The summed E-state index contributed by atoms with van der Waals surface area (Å²) in [6, 6.07) is 7.04. The summed E-state index contributed by atoms with van der Waals surface area (Å²) < 4.78 is 7.79. The van der Waals surface area contributed by atoms with Gasteiger partial charge in [0, 0.05) is 37.5 Å². The lowest BCUT2D eigenvalue weighted by atomic mass is 10.1. The Balaban J connectivity index is 1.58. The molecule has 0 aliphatic carbocycles. The Bertz CT molecular complexity index is 1210. The molecule has 0 saturated carbocycles. The summed E-state index contributed by atoms with van der Waals surface area (Å²) >= 11 is 1.27. The molecule has 2 aromatic heterocycles. The molecular weight excluding hydrogens is 380 g/mol. The summed E-state index contributed by atoms with van der Waals surface area (Å²) in [6.07, 6.45) is 1.02. The van der Waals surface area contributed by atoms with Gasteiger partial charge in [-0.15, -0.1) is 11.3 Å². The summed E-state index contributed by atoms with van der Waals surface area (Å²) in [6.45, 7) is 2.03. The van der Waals surface area contributed by atoms with Crippen molar-refractivity contribution < 1.29 is 9.53 Å². The zero-order valence-corrected chi connectivity index (χ0v) is 16.4. The van der Waals surface area contributed by atoms with Crippen molar-refractivity contribution in [2.75, 3.05) is 5.32 Å². The van der Waals surface area contributed by atoms with Gasteiger partial charge in [-0.05, 0) is 30.7 Å². The highest BCUT2D eigenvalue weighted by Crippen LogP contribution is 2.33. The number of amides is 1. The molecule has 28 heavy (non-hydrogen) atoms. The third-order valence-corrected chi connectivity index (χ3v) is 5.43. The highest BCUT2D eigenvalue weighted by atomic mass is 32.1. The molecule has 0 radical (unpaired) electrons. The summed E-state index contributed by atoms with van der Waals surface area (Å²) in [7, 11) is 2.80. The second kappa shape index (κ2) is 6.75. The van der Waals surface area contributed by atoms with Crippen molar-refractivity contribution in [2.45, 2.75) is 19.4 Å². The average molecular weight is 398 g/mol. The minimum absolute atomic E-state index is 0.0199. The van der Waals surface area contributed by atoms with Crippen molar-refractivity contribution in [1.29, 1.82) is 0 Å². The number of ether oxygens (including phenoxy) is 1. The van der Waals surface area contributed by atoms with Crippen LogP contribution in [0.3, 0.4) is 0 Å². The van der Waals surface area contributed by atoms with Gasteiger partial charge in [0.15, 0.2) is 5.13 Å². The fourth-order valence-electron chi connectivity index (χ4n) is 3.16. The van der Waals surface area contributed by atoms with Crippen LogP contribution in [0.1, 0.15) is 23.0 Å². The van der Waals surface area contributed by atoms with E-state index >= 15 is 0 Å². The van der Waals surface area contributed by atoms with E-state index in [-0.39, 0.29) is 11.8 Å². The first-order valence-electron chi connectivity index (χ1n) is 8.67. The Labute approximate surface area is 164 Å². The molecule has 1 atom stereocenters. The van der Waals surface area contributed by atoms with Crippen LogP contribution in [0.2, 0.25) is 0 Å². The van der Waals surface area contributed by atoms with Gasteiger partial charge in [0.05, 0.1) is 5.69 Å². The summed E-state index contributed by atoms with van der Waals surface area (Å²) in [4.78, 5) is 40.8. The zero-order chi connectivity index (χ0) is 20.0. The molecule has 8 nitrogen and oxygen atoms in total. The van der Waals surface area contributed by atoms with E-state index in [1.165, 1.54) is 25.4 Å². The van der Waals surface area contributed by atoms with Gasteiger partial charge in [-0.25, -0.2) is 9.78 Å². The highest BCUT2D eigenvalue weighted by molar-refractivity contribution is 7.14. The maximum Gasteiger partial charge on any atom is 0.331 e. The van der Waals surface area contributed by atoms with Crippen LogP contribution < -0.4 is 21.3 Å². The Hall–Kier alpha value is -3.20. The summed E-state index contributed by atoms with van der Waals surface area (Å²) in [5.41, 5.74) is 1.69. The van der Waals surface area contributed by atoms with Crippen molar-refractivity contribution in [2.24, 2.45) is 14.1 Å². The first-order valence-corrected chi connectivity index (χ1v) is 9.55. The Morgan fingerprint density at radius 3 is 2.82 bits per heavy atom. The highest BCUT2D eigenvalue weighted by Gasteiger charge is 2.20. The van der Waals surface area contributed by atoms with Gasteiger partial charge in [-0.1, -0.05) is 0 Å². The molecule has 0 spiro atoms. The second-order valence-electron chi connectivity index (χ2n) is 6.72. The predicted molar refractivity (Wildman–Crippen MR) is 106 cm³/mol. The van der Waals surface area contributed by atoms with Gasteiger partial charge in [0.2, 0.25) is 0 Å². The van der Waals surface area contributed by atoms with Crippen LogP contribution in [-0.4, -0.2) is 26.1 Å². The molecule has 0 saturated heterocycles. The lowest BCUT2D eigenvalue weighted by Crippen LogP contribution is -2.40. The minimum atomic E-state index is -0.563. The topological polar surface area (TPSA) is 95.2 Å². The van der Waals surface area contributed by atoms with Crippen molar-refractivity contribution in [3.63, 3.8) is 0 Å². The number of anilines is 1. The number of carbonyl (C=O) groups is 1. The maximum absolute atomic E-state index is 12.5. The molecule has 0 unspecified atom stereocenters. The van der Waals surface area contributed by atoms with E-state index in [2.05, 4.69) is 10.3 Å². The molecule has 0 bridgehead atoms. The number of hydrogen-bond donors (Lipinski definition) is 1. The number of aromatic nitrogens is 3. The summed E-state index contributed by atoms with van der Waals surface area (Å²) in [5, 5.41) is 4.89. The van der Waals surface area contributed by atoms with Crippen LogP contribution in [0.5, 0.6) is 5.75 Å². The lowest BCUT2D eigenvalue weighted by Gasteiger charge is -2.08. The van der Waals surface area contributed by atoms with Gasteiger partial charge in [-0.2, -0.15) is 0 Å². The molecule has 1 N–H and O–H groups in total. The van der Waals surface area contributed by atoms with Gasteiger partial charge >= 0.3 is 5.69 Å². The predicted octanol–water partition coefficient (Wildman–Crippen LogP) is 1.78. The molecule has 1 aromatic carbocycles. The first kappa shape index (κ1) is 18.2. The quantitative estimate of drug-likeness (QED) is 0.726. The molecule has 1 aliphatic heterocycles. The number of carbonyl (C=O) groups excluding carboxylic acids is 1. The van der Waals surface area contributed by atoms with E-state index in [1.54, 1.807) is 0 Å². The van der Waals surface area contributed by atoms with Crippen LogP contribution in [0.15, 0.2) is 39.2 Å². The third kappa shape index (κ3) is 3.13. The third-order valence-electron chi connectivity index (χ3n) is 4.68. The normalized spacial score (nSPS) is 15.2. The van der Waals surface area contributed by atoms with E-state index in [1.807, 2.05) is 30.5 Å². The Morgan fingerprint density at radius 2 is 2.04 bits per heavy atom. The van der Waals surface area contributed by atoms with Gasteiger partial charge in [0.1, 0.15) is 17.5 Å². The van der Waals surface area contributed by atoms with Gasteiger partial charge < -0.3 is 4.74 Å². The number of nitrogens with one attached hydrogen (secondary N) is 1. The number of thiazole rings is 1. The van der Waals surface area contributed by atoms with Crippen molar-refractivity contribution in [1.82, 2.24) is 14.1 Å². The van der Waals surface area contributed by atoms with Crippen LogP contribution in [0, 0.1) is 0 Å². The maximum atomic E-state index is 12.5. The zero-order valence-electron chi connectivity index (χ0n) is 15.6. The molecule has 3 heterocycles. The van der Waals surface area contributed by atoms with Gasteiger partial charge in [0.25, 0.3) is 11.5 Å². The van der Waals surface area contributed by atoms with Crippen LogP contribution in [0.4, 0.5) is 5.13 Å². The molecule has 1 amide bonds. The number of hydrogen-bond acceptors (Lipinski definition) is 6. The van der Waals surface area contributed by atoms with Crippen LogP contribution in [-0.2, 0) is 20.5 Å². The monoisotopic (exact) mass is 398 g/mol. The van der Waals surface area contributed by atoms with E-state index in [4.69, 9.17) is 4.74 Å². The molecule has 0 fully saturated rings. The smallest absolute Gasteiger partial charge is 0.331 e. The number of rotatable bonds is 3. The van der Waals surface area contributed by atoms with Crippen LogP contribution >= 0.6 is 11.3 Å².